The van der Waals surface area contributed by atoms with Crippen molar-refractivity contribution in [3.05, 3.63) is 28.2 Å². The van der Waals surface area contributed by atoms with Gasteiger partial charge in [-0.2, -0.15) is 0 Å². The Morgan fingerprint density at radius 1 is 1.32 bits per heavy atom. The molecule has 1 rings (SSSR count). The molecule has 1 N–H and O–H groups in total. The number of methoxy groups -OCH3 is 1. The van der Waals surface area contributed by atoms with Crippen LogP contribution in [0.1, 0.15) is 31.7 Å². The highest BCUT2D eigenvalue weighted by molar-refractivity contribution is 9.10. The highest BCUT2D eigenvalue weighted by Gasteiger charge is 2.04. The van der Waals surface area contributed by atoms with Crippen LogP contribution in [0.25, 0.3) is 0 Å². The number of hydrogen-bond donors (Lipinski definition) is 1. The van der Waals surface area contributed by atoms with Gasteiger partial charge in [-0.3, -0.25) is 0 Å². The summed E-state index contributed by atoms with van der Waals surface area (Å²) in [5.41, 5.74) is 1.38. The lowest BCUT2D eigenvalue weighted by Gasteiger charge is -2.11. The molecule has 0 spiro atoms. The Kier molecular flexibility index (Phi) is 9.61. The Balaban J connectivity index is 2.48. The molecule has 0 amide bonds. The summed E-state index contributed by atoms with van der Waals surface area (Å²) in [5.74, 6) is 1.20. The molecule has 2 nitrogen and oxygen atoms in total. The molecule has 0 aliphatic heterocycles. The lowest BCUT2D eigenvalue weighted by Crippen LogP contribution is -2.18. The van der Waals surface area contributed by atoms with E-state index in [0.717, 1.165) is 24.2 Å². The third-order valence-electron chi connectivity index (χ3n) is 2.83. The second kappa shape index (κ2) is 10.7. The van der Waals surface area contributed by atoms with Crippen LogP contribution in [0.15, 0.2) is 27.6 Å². The first-order valence-electron chi connectivity index (χ1n) is 6.88. The van der Waals surface area contributed by atoms with Crippen LogP contribution in [0, 0.1) is 0 Å². The predicted octanol–water partition coefficient (Wildman–Crippen LogP) is 4.47. The number of benzene rings is 1. The van der Waals surface area contributed by atoms with E-state index in [-0.39, 0.29) is 0 Å². The van der Waals surface area contributed by atoms with Crippen molar-refractivity contribution in [1.82, 2.24) is 5.32 Å². The summed E-state index contributed by atoms with van der Waals surface area (Å²) < 4.78 is 6.20. The van der Waals surface area contributed by atoms with Crippen LogP contribution >= 0.6 is 27.7 Å². The molecule has 0 bridgehead atoms. The molecule has 0 unspecified atom stereocenters. The minimum atomic E-state index is 0.759. The number of rotatable bonds is 10. The van der Waals surface area contributed by atoms with Crippen molar-refractivity contribution in [2.75, 3.05) is 26.0 Å². The molecule has 4 heteroatoms. The van der Waals surface area contributed by atoms with E-state index in [1.165, 1.54) is 35.5 Å². The smallest absolute Gasteiger partial charge is 0.0587 e. The number of halogens is 1. The Bertz CT molecular complexity index is 360. The van der Waals surface area contributed by atoms with E-state index in [1.54, 1.807) is 7.11 Å². The fraction of sp³-hybridized carbons (Fsp3) is 0.600. The second-order valence-electron chi connectivity index (χ2n) is 4.48. The van der Waals surface area contributed by atoms with Crippen LogP contribution in [0.5, 0.6) is 0 Å². The first-order chi connectivity index (χ1) is 9.27. The molecule has 0 radical (unpaired) electrons. The molecule has 0 aliphatic rings. The average molecular weight is 346 g/mol. The fourth-order valence-corrected chi connectivity index (χ4v) is 3.36. The minimum absolute atomic E-state index is 0.759. The summed E-state index contributed by atoms with van der Waals surface area (Å²) in [4.78, 5) is 1.38. The van der Waals surface area contributed by atoms with Crippen LogP contribution < -0.4 is 5.32 Å². The summed E-state index contributed by atoms with van der Waals surface area (Å²) in [6.07, 6.45) is 3.90. The monoisotopic (exact) mass is 345 g/mol. The van der Waals surface area contributed by atoms with Crippen LogP contribution in [0.4, 0.5) is 0 Å². The van der Waals surface area contributed by atoms with E-state index in [9.17, 15) is 0 Å². The number of ether oxygens (including phenoxy) is 1. The summed E-state index contributed by atoms with van der Waals surface area (Å²) >= 11 is 5.52. The zero-order valence-corrected chi connectivity index (χ0v) is 14.3. The molecule has 0 fully saturated rings. The molecular formula is C15H24BrNOS. The molecule has 0 aliphatic carbocycles. The van der Waals surface area contributed by atoms with Gasteiger partial charge in [0.15, 0.2) is 0 Å². The Morgan fingerprint density at radius 3 is 2.89 bits per heavy atom. The van der Waals surface area contributed by atoms with Crippen molar-refractivity contribution in [1.29, 1.82) is 0 Å². The van der Waals surface area contributed by atoms with Gasteiger partial charge in [0.25, 0.3) is 0 Å². The molecule has 1 aromatic rings. The molecule has 0 saturated carbocycles. The van der Waals surface area contributed by atoms with E-state index >= 15 is 0 Å². The third-order valence-corrected chi connectivity index (χ3v) is 4.51. The molecule has 108 valence electrons. The lowest BCUT2D eigenvalue weighted by molar-refractivity contribution is 0.199. The maximum Gasteiger partial charge on any atom is 0.0587 e. The van der Waals surface area contributed by atoms with E-state index in [1.807, 2.05) is 11.8 Å². The second-order valence-corrected chi connectivity index (χ2v) is 6.53. The van der Waals surface area contributed by atoms with Crippen LogP contribution in [0.2, 0.25) is 0 Å². The summed E-state index contributed by atoms with van der Waals surface area (Å²) in [5, 5.41) is 3.41. The zero-order valence-electron chi connectivity index (χ0n) is 11.9. The topological polar surface area (TPSA) is 21.3 Å². The zero-order chi connectivity index (χ0) is 13.9. The van der Waals surface area contributed by atoms with Gasteiger partial charge in [-0.15, -0.1) is 11.8 Å². The van der Waals surface area contributed by atoms with Crippen molar-refractivity contribution in [2.45, 2.75) is 37.6 Å². The highest BCUT2D eigenvalue weighted by Crippen LogP contribution is 2.27. The highest BCUT2D eigenvalue weighted by atomic mass is 79.9. The van der Waals surface area contributed by atoms with Gasteiger partial charge in [0.1, 0.15) is 0 Å². The van der Waals surface area contributed by atoms with Crippen molar-refractivity contribution in [3.8, 4) is 0 Å². The van der Waals surface area contributed by atoms with E-state index < -0.39 is 0 Å². The van der Waals surface area contributed by atoms with Gasteiger partial charge in [-0.05, 0) is 29.9 Å². The minimum Gasteiger partial charge on any atom is -0.383 e. The van der Waals surface area contributed by atoms with Gasteiger partial charge in [0.2, 0.25) is 0 Å². The van der Waals surface area contributed by atoms with Gasteiger partial charge in [0, 0.05) is 29.6 Å². The molecular weight excluding hydrogens is 322 g/mol. The standard InChI is InChI=1S/C15H24BrNOS/c1-3-4-5-10-19-15-11-14(16)7-6-13(15)12-17-8-9-18-2/h6-7,11,17H,3-5,8-10,12H2,1-2H3. The first-order valence-corrected chi connectivity index (χ1v) is 8.66. The predicted molar refractivity (Wildman–Crippen MR) is 88.0 cm³/mol. The molecule has 0 atom stereocenters. The van der Waals surface area contributed by atoms with Gasteiger partial charge < -0.3 is 10.1 Å². The number of thioether (sulfide) groups is 1. The number of unbranched alkanes of at least 4 members (excludes halogenated alkanes) is 2. The fourth-order valence-electron chi connectivity index (χ4n) is 1.74. The van der Waals surface area contributed by atoms with Crippen LogP contribution in [0.3, 0.4) is 0 Å². The van der Waals surface area contributed by atoms with Gasteiger partial charge in [0.05, 0.1) is 6.61 Å². The third kappa shape index (κ3) is 7.35. The molecule has 0 aromatic heterocycles. The molecule has 19 heavy (non-hydrogen) atoms. The maximum absolute atomic E-state index is 5.05. The van der Waals surface area contributed by atoms with Gasteiger partial charge in [-0.25, -0.2) is 0 Å². The largest absolute Gasteiger partial charge is 0.383 e. The lowest BCUT2D eigenvalue weighted by atomic mass is 10.2. The Hall–Kier alpha value is -0.0300. The van der Waals surface area contributed by atoms with Crippen LogP contribution in [-0.4, -0.2) is 26.0 Å². The number of nitrogens with one attached hydrogen (secondary N) is 1. The molecule has 1 aromatic carbocycles. The summed E-state index contributed by atoms with van der Waals surface area (Å²) in [6.45, 7) is 4.81. The van der Waals surface area contributed by atoms with E-state index in [4.69, 9.17) is 4.74 Å². The maximum atomic E-state index is 5.05. The summed E-state index contributed by atoms with van der Waals surface area (Å²) in [6, 6.07) is 6.54. The van der Waals surface area contributed by atoms with Crippen molar-refractivity contribution in [2.24, 2.45) is 0 Å². The van der Waals surface area contributed by atoms with Crippen molar-refractivity contribution in [3.63, 3.8) is 0 Å². The average Bonchev–Trinajstić information content (AvgIpc) is 2.41. The molecule has 0 heterocycles. The van der Waals surface area contributed by atoms with E-state index in [0.29, 0.717) is 0 Å². The van der Waals surface area contributed by atoms with E-state index in [2.05, 4.69) is 46.4 Å². The van der Waals surface area contributed by atoms with Gasteiger partial charge >= 0.3 is 0 Å². The first kappa shape index (κ1) is 17.0. The quantitative estimate of drug-likeness (QED) is 0.499. The Morgan fingerprint density at radius 2 is 2.16 bits per heavy atom. The number of hydrogen-bond acceptors (Lipinski definition) is 3. The van der Waals surface area contributed by atoms with Crippen LogP contribution in [-0.2, 0) is 11.3 Å². The molecule has 0 saturated heterocycles. The van der Waals surface area contributed by atoms with Crippen molar-refractivity contribution < 1.29 is 4.74 Å². The van der Waals surface area contributed by atoms with Crippen molar-refractivity contribution >= 4 is 27.7 Å². The Labute approximate surface area is 129 Å². The summed E-state index contributed by atoms with van der Waals surface area (Å²) in [7, 11) is 1.73. The normalized spacial score (nSPS) is 10.9. The SMILES string of the molecule is CCCCCSc1cc(Br)ccc1CNCCOC. The van der Waals surface area contributed by atoms with Gasteiger partial charge in [-0.1, -0.05) is 41.8 Å².